The molecule has 1 heterocycles. The fraction of sp³-hybridized carbons (Fsp3) is 0.357. The van der Waals surface area contributed by atoms with Crippen molar-refractivity contribution >= 4 is 34.6 Å². The molecule has 1 aliphatic rings. The van der Waals surface area contributed by atoms with Gasteiger partial charge in [0.25, 0.3) is 0 Å². The van der Waals surface area contributed by atoms with Gasteiger partial charge in [-0.25, -0.2) is 0 Å². The number of rotatable bonds is 3. The Hall–Kier alpha value is -1.95. The van der Waals surface area contributed by atoms with Gasteiger partial charge in [0.15, 0.2) is 5.11 Å². The van der Waals surface area contributed by atoms with Crippen LogP contribution in [0, 0.1) is 0 Å². The van der Waals surface area contributed by atoms with Crippen LogP contribution in [0.15, 0.2) is 29.4 Å². The molecule has 0 aromatic heterocycles. The van der Waals surface area contributed by atoms with Crippen LogP contribution in [-0.2, 0) is 4.79 Å². The van der Waals surface area contributed by atoms with Gasteiger partial charge in [0.05, 0.1) is 5.71 Å². The molecule has 6 heteroatoms. The second-order valence-electron chi connectivity index (χ2n) is 4.58. The molecule has 20 heavy (non-hydrogen) atoms. The van der Waals surface area contributed by atoms with E-state index >= 15 is 0 Å². The summed E-state index contributed by atoms with van der Waals surface area (Å²) in [5.41, 5.74) is 5.53. The quantitative estimate of drug-likeness (QED) is 0.505. The average molecular weight is 290 g/mol. The molecule has 1 saturated heterocycles. The number of nitrogens with one attached hydrogen (secondary N) is 2. The van der Waals surface area contributed by atoms with E-state index in [1.165, 1.54) is 0 Å². The van der Waals surface area contributed by atoms with Crippen LogP contribution in [0.4, 0.5) is 5.69 Å². The highest BCUT2D eigenvalue weighted by molar-refractivity contribution is 7.80. The number of thiocarbonyl (C=S) groups is 1. The van der Waals surface area contributed by atoms with Gasteiger partial charge in [-0.15, -0.1) is 0 Å². The maximum atomic E-state index is 11.7. The zero-order valence-corrected chi connectivity index (χ0v) is 12.5. The van der Waals surface area contributed by atoms with Crippen LogP contribution in [0.2, 0.25) is 0 Å². The standard InChI is InChI=1S/C14H18N4OS/c1-10(16-17-14(20)15-2)11-5-7-12(8-6-11)18-9-3-4-13(18)19/h5-8H,3-4,9H2,1-2H3,(H2,15,17,20)/b16-10-. The number of hydrogen-bond acceptors (Lipinski definition) is 3. The summed E-state index contributed by atoms with van der Waals surface area (Å²) in [7, 11) is 1.74. The van der Waals surface area contributed by atoms with Crippen molar-refractivity contribution in [3.63, 3.8) is 0 Å². The van der Waals surface area contributed by atoms with E-state index in [0.29, 0.717) is 11.5 Å². The maximum Gasteiger partial charge on any atom is 0.227 e. The minimum absolute atomic E-state index is 0.198. The first kappa shape index (κ1) is 14.5. The van der Waals surface area contributed by atoms with Crippen molar-refractivity contribution in [2.45, 2.75) is 19.8 Å². The fourth-order valence-electron chi connectivity index (χ4n) is 2.06. The van der Waals surface area contributed by atoms with E-state index in [1.807, 2.05) is 36.1 Å². The van der Waals surface area contributed by atoms with Crippen molar-refractivity contribution in [1.82, 2.24) is 10.7 Å². The number of amides is 1. The van der Waals surface area contributed by atoms with Crippen molar-refractivity contribution in [2.24, 2.45) is 5.10 Å². The van der Waals surface area contributed by atoms with Gasteiger partial charge in [-0.05, 0) is 43.3 Å². The smallest absolute Gasteiger partial charge is 0.227 e. The Morgan fingerprint density at radius 1 is 1.35 bits per heavy atom. The molecule has 0 spiro atoms. The Morgan fingerprint density at radius 2 is 2.05 bits per heavy atom. The Balaban J connectivity index is 2.07. The minimum atomic E-state index is 0.198. The van der Waals surface area contributed by atoms with Crippen LogP contribution >= 0.6 is 12.2 Å². The molecule has 0 unspecified atom stereocenters. The SMILES string of the molecule is CNC(=S)N/N=C(/C)c1ccc(N2CCCC2=O)cc1. The topological polar surface area (TPSA) is 56.7 Å². The molecule has 1 fully saturated rings. The zero-order valence-electron chi connectivity index (χ0n) is 11.6. The van der Waals surface area contributed by atoms with E-state index in [4.69, 9.17) is 12.2 Å². The number of carbonyl (C=O) groups excluding carboxylic acids is 1. The Labute approximate surface area is 124 Å². The van der Waals surface area contributed by atoms with Gasteiger partial charge in [0, 0.05) is 25.7 Å². The molecule has 0 saturated carbocycles. The van der Waals surface area contributed by atoms with Gasteiger partial charge >= 0.3 is 0 Å². The van der Waals surface area contributed by atoms with Crippen LogP contribution < -0.4 is 15.6 Å². The predicted molar refractivity (Wildman–Crippen MR) is 85.0 cm³/mol. The minimum Gasteiger partial charge on any atom is -0.364 e. The molecular weight excluding hydrogens is 272 g/mol. The van der Waals surface area contributed by atoms with Crippen molar-refractivity contribution in [3.05, 3.63) is 29.8 Å². The molecule has 0 bridgehead atoms. The Morgan fingerprint density at radius 3 is 2.60 bits per heavy atom. The van der Waals surface area contributed by atoms with Gasteiger partial charge in [-0.1, -0.05) is 12.1 Å². The third kappa shape index (κ3) is 3.33. The van der Waals surface area contributed by atoms with E-state index in [1.54, 1.807) is 7.05 Å². The molecule has 2 N–H and O–H groups in total. The molecule has 0 atom stereocenters. The van der Waals surface area contributed by atoms with Crippen molar-refractivity contribution in [2.75, 3.05) is 18.5 Å². The van der Waals surface area contributed by atoms with Crippen LogP contribution in [0.5, 0.6) is 0 Å². The van der Waals surface area contributed by atoms with Crippen molar-refractivity contribution < 1.29 is 4.79 Å². The van der Waals surface area contributed by atoms with E-state index < -0.39 is 0 Å². The second kappa shape index (κ2) is 6.47. The first-order valence-corrected chi connectivity index (χ1v) is 6.95. The number of benzene rings is 1. The Bertz CT molecular complexity index is 539. The predicted octanol–water partition coefficient (Wildman–Crippen LogP) is 1.63. The van der Waals surface area contributed by atoms with E-state index in [-0.39, 0.29) is 5.91 Å². The summed E-state index contributed by atoms with van der Waals surface area (Å²) in [4.78, 5) is 13.5. The van der Waals surface area contributed by atoms with E-state index in [0.717, 1.165) is 29.9 Å². The summed E-state index contributed by atoms with van der Waals surface area (Å²) in [5, 5.41) is 7.46. The zero-order chi connectivity index (χ0) is 14.5. The molecular formula is C14H18N4OS. The summed E-state index contributed by atoms with van der Waals surface area (Å²) in [6, 6.07) is 7.83. The average Bonchev–Trinajstić information content (AvgIpc) is 2.90. The summed E-state index contributed by atoms with van der Waals surface area (Å²) in [6.07, 6.45) is 1.58. The lowest BCUT2D eigenvalue weighted by molar-refractivity contribution is -0.117. The molecule has 1 aromatic rings. The highest BCUT2D eigenvalue weighted by atomic mass is 32.1. The van der Waals surface area contributed by atoms with Gasteiger partial charge in [-0.3, -0.25) is 10.2 Å². The summed E-state index contributed by atoms with van der Waals surface area (Å²) in [5.74, 6) is 0.198. The number of nitrogens with zero attached hydrogens (tertiary/aromatic N) is 2. The number of hydrogen-bond donors (Lipinski definition) is 2. The molecule has 1 aliphatic heterocycles. The van der Waals surface area contributed by atoms with Crippen LogP contribution in [0.1, 0.15) is 25.3 Å². The third-order valence-corrected chi connectivity index (χ3v) is 3.52. The highest BCUT2D eigenvalue weighted by Gasteiger charge is 2.21. The lowest BCUT2D eigenvalue weighted by Crippen LogP contribution is -2.29. The van der Waals surface area contributed by atoms with Gasteiger partial charge in [0.1, 0.15) is 0 Å². The summed E-state index contributed by atoms with van der Waals surface area (Å²) in [6.45, 7) is 2.71. The molecule has 1 amide bonds. The van der Waals surface area contributed by atoms with Crippen molar-refractivity contribution in [3.8, 4) is 0 Å². The van der Waals surface area contributed by atoms with Crippen LogP contribution in [-0.4, -0.2) is 30.3 Å². The van der Waals surface area contributed by atoms with Gasteiger partial charge in [-0.2, -0.15) is 5.10 Å². The molecule has 0 radical (unpaired) electrons. The Kier molecular flexibility index (Phi) is 4.68. The van der Waals surface area contributed by atoms with Gasteiger partial charge < -0.3 is 10.2 Å². The normalized spacial score (nSPS) is 15.4. The van der Waals surface area contributed by atoms with E-state index in [9.17, 15) is 4.79 Å². The number of hydrazone groups is 1. The lowest BCUT2D eigenvalue weighted by atomic mass is 10.1. The lowest BCUT2D eigenvalue weighted by Gasteiger charge is -2.15. The summed E-state index contributed by atoms with van der Waals surface area (Å²) < 4.78 is 0. The molecule has 1 aromatic carbocycles. The first-order valence-electron chi connectivity index (χ1n) is 6.54. The summed E-state index contributed by atoms with van der Waals surface area (Å²) >= 11 is 4.96. The number of anilines is 1. The second-order valence-corrected chi connectivity index (χ2v) is 4.99. The third-order valence-electron chi connectivity index (χ3n) is 3.22. The molecule has 2 rings (SSSR count). The maximum absolute atomic E-state index is 11.7. The van der Waals surface area contributed by atoms with Gasteiger partial charge in [0.2, 0.25) is 5.91 Å². The molecule has 0 aliphatic carbocycles. The van der Waals surface area contributed by atoms with E-state index in [2.05, 4.69) is 15.8 Å². The molecule has 5 nitrogen and oxygen atoms in total. The van der Waals surface area contributed by atoms with Crippen LogP contribution in [0.25, 0.3) is 0 Å². The fourth-order valence-corrected chi connectivity index (χ4v) is 2.10. The largest absolute Gasteiger partial charge is 0.364 e. The monoisotopic (exact) mass is 290 g/mol. The molecule has 106 valence electrons. The van der Waals surface area contributed by atoms with Crippen molar-refractivity contribution in [1.29, 1.82) is 0 Å². The number of carbonyl (C=O) groups is 1. The first-order chi connectivity index (χ1) is 9.61. The van der Waals surface area contributed by atoms with Crippen LogP contribution in [0.3, 0.4) is 0 Å². The highest BCUT2D eigenvalue weighted by Crippen LogP contribution is 2.21.